The van der Waals surface area contributed by atoms with E-state index in [9.17, 15) is 33.1 Å². The SMILES string of the molecule is O=C1CCC(N2Cc3c(NC(=O)COCCOCCOCC(O)Cn4cc(-c5ccc(Nc6ncc7c(n6)-c6ccc(Cl)cc6C(c6c(F)cccc6F)=NC7)cc5)nn4)cccc3C2=O)C(=O)N1. The maximum atomic E-state index is 15.0. The van der Waals surface area contributed by atoms with E-state index in [2.05, 4.69) is 36.2 Å². The molecule has 21 heteroatoms. The lowest BCUT2D eigenvalue weighted by Crippen LogP contribution is -2.52. The van der Waals surface area contributed by atoms with Gasteiger partial charge in [0.15, 0.2) is 0 Å². The molecule has 0 radical (unpaired) electrons. The van der Waals surface area contributed by atoms with E-state index in [0.717, 1.165) is 5.56 Å². The Balaban J connectivity index is 0.682. The van der Waals surface area contributed by atoms with E-state index in [1.807, 2.05) is 24.3 Å². The highest BCUT2D eigenvalue weighted by molar-refractivity contribution is 6.31. The fourth-order valence-corrected chi connectivity index (χ4v) is 8.35. The molecule has 2 aromatic heterocycles. The average Bonchev–Trinajstić information content (AvgIpc) is 3.90. The molecule has 69 heavy (non-hydrogen) atoms. The van der Waals surface area contributed by atoms with Crippen LogP contribution in [0, 0.1) is 11.6 Å². The van der Waals surface area contributed by atoms with Gasteiger partial charge >= 0.3 is 0 Å². The van der Waals surface area contributed by atoms with Crippen LogP contribution in [0.2, 0.25) is 5.02 Å². The number of anilines is 3. The van der Waals surface area contributed by atoms with E-state index in [-0.39, 0.29) is 95.2 Å². The fraction of sp³-hybridized carbons (Fsp3) is 0.271. The van der Waals surface area contributed by atoms with Gasteiger partial charge in [-0.1, -0.05) is 47.1 Å². The van der Waals surface area contributed by atoms with Crippen LogP contribution in [0.4, 0.5) is 26.1 Å². The molecule has 6 aromatic rings. The van der Waals surface area contributed by atoms with Gasteiger partial charge in [0.1, 0.15) is 30.0 Å². The number of ether oxygens (including phenoxy) is 3. The van der Waals surface area contributed by atoms with Gasteiger partial charge in [0, 0.05) is 68.9 Å². The van der Waals surface area contributed by atoms with Crippen molar-refractivity contribution in [2.45, 2.75) is 44.6 Å². The van der Waals surface area contributed by atoms with Crippen LogP contribution in [0.25, 0.3) is 22.5 Å². The number of aliphatic hydroxyl groups is 1. The summed E-state index contributed by atoms with van der Waals surface area (Å²) in [6.07, 6.45) is 2.85. The molecule has 3 aliphatic rings. The number of piperidine rings is 1. The number of aromatic nitrogens is 5. The minimum Gasteiger partial charge on any atom is -0.389 e. The highest BCUT2D eigenvalue weighted by Gasteiger charge is 2.40. The van der Waals surface area contributed by atoms with Crippen LogP contribution in [0.1, 0.15) is 45.5 Å². The summed E-state index contributed by atoms with van der Waals surface area (Å²) in [6.45, 7) is 0.891. The minimum atomic E-state index is -0.874. The maximum absolute atomic E-state index is 15.0. The normalized spacial score (nSPS) is 15.7. The highest BCUT2D eigenvalue weighted by Crippen LogP contribution is 2.36. The predicted octanol–water partition coefficient (Wildman–Crippen LogP) is 5.24. The Labute approximate surface area is 397 Å². The van der Waals surface area contributed by atoms with Gasteiger partial charge in [0.05, 0.1) is 75.4 Å². The summed E-state index contributed by atoms with van der Waals surface area (Å²) in [6, 6.07) is 20.3. The van der Waals surface area contributed by atoms with E-state index >= 15 is 0 Å². The molecule has 354 valence electrons. The number of amides is 4. The number of rotatable bonds is 18. The molecule has 1 fully saturated rings. The molecular weight excluding hydrogens is 918 g/mol. The van der Waals surface area contributed by atoms with Gasteiger partial charge in [-0.3, -0.25) is 29.5 Å². The first kappa shape index (κ1) is 46.7. The zero-order valence-electron chi connectivity index (χ0n) is 36.7. The Hall–Kier alpha value is -7.36. The molecule has 1 saturated heterocycles. The van der Waals surface area contributed by atoms with Gasteiger partial charge < -0.3 is 34.9 Å². The van der Waals surface area contributed by atoms with Crippen LogP contribution in [0.15, 0.2) is 96.2 Å². The first-order chi connectivity index (χ1) is 33.5. The average molecular weight is 961 g/mol. The molecule has 5 heterocycles. The maximum Gasteiger partial charge on any atom is 0.255 e. The molecule has 0 aliphatic carbocycles. The fourth-order valence-electron chi connectivity index (χ4n) is 8.17. The van der Waals surface area contributed by atoms with Gasteiger partial charge in [0.25, 0.3) is 5.91 Å². The van der Waals surface area contributed by atoms with Crippen molar-refractivity contribution in [2.24, 2.45) is 4.99 Å². The number of benzene rings is 4. The summed E-state index contributed by atoms with van der Waals surface area (Å²) < 4.78 is 48.0. The standard InChI is InChI=1S/C48H43ClF2N10O8/c49-29-9-12-32-34(19-29)45(43-36(50)4-2-5-37(43)51)52-20-28-21-53-48(57-44(28)32)54-30-10-7-27(8-11-30)39-24-60(59-58-39)22-31(62)25-68-17-15-67-16-18-69-26-42(64)55-38-6-1-3-33-35(38)23-61(47(33)66)40-13-14-41(63)56-46(40)65/h1-12,19,21,24,31,40,62H,13-18,20,22-23,25-26H2,(H,55,64)(H,53,54,57)(H,56,63,65). The number of hydrogen-bond donors (Lipinski definition) is 4. The molecule has 0 spiro atoms. The zero-order chi connectivity index (χ0) is 48.0. The number of fused-ring (bicyclic) bond motifs is 4. The van der Waals surface area contributed by atoms with Crippen LogP contribution < -0.4 is 16.0 Å². The van der Waals surface area contributed by atoms with Crippen molar-refractivity contribution in [1.29, 1.82) is 0 Å². The van der Waals surface area contributed by atoms with E-state index in [1.54, 1.807) is 48.8 Å². The molecule has 0 bridgehead atoms. The number of aliphatic imine (C=N–C) groups is 1. The number of halogens is 3. The number of nitrogens with one attached hydrogen (secondary N) is 3. The second kappa shape index (κ2) is 20.9. The minimum absolute atomic E-state index is 0.0259. The molecule has 9 rings (SSSR count). The van der Waals surface area contributed by atoms with E-state index in [0.29, 0.717) is 61.6 Å². The van der Waals surface area contributed by atoms with Crippen molar-refractivity contribution >= 4 is 58.3 Å². The number of imide groups is 1. The van der Waals surface area contributed by atoms with Crippen molar-refractivity contribution in [3.8, 4) is 22.5 Å². The predicted molar refractivity (Wildman–Crippen MR) is 247 cm³/mol. The van der Waals surface area contributed by atoms with Crippen LogP contribution in [-0.4, -0.2) is 116 Å². The molecule has 4 aromatic carbocycles. The third-order valence-corrected chi connectivity index (χ3v) is 11.7. The van der Waals surface area contributed by atoms with Crippen LogP contribution in [0.5, 0.6) is 0 Å². The van der Waals surface area contributed by atoms with Crippen molar-refractivity contribution in [3.63, 3.8) is 0 Å². The second-order valence-corrected chi connectivity index (χ2v) is 16.7. The zero-order valence-corrected chi connectivity index (χ0v) is 37.4. The molecule has 4 amide bonds. The second-order valence-electron chi connectivity index (χ2n) is 16.2. The molecule has 0 saturated carbocycles. The Bertz CT molecular complexity index is 2950. The number of carbonyl (C=O) groups is 4. The lowest BCUT2D eigenvalue weighted by molar-refractivity contribution is -0.137. The lowest BCUT2D eigenvalue weighted by atomic mass is 9.95. The summed E-state index contributed by atoms with van der Waals surface area (Å²) in [5.74, 6) is -2.83. The smallest absolute Gasteiger partial charge is 0.255 e. The third kappa shape index (κ3) is 10.7. The van der Waals surface area contributed by atoms with Crippen molar-refractivity contribution in [2.75, 3.05) is 50.3 Å². The molecule has 3 aliphatic heterocycles. The number of hydrogen-bond acceptors (Lipinski definition) is 14. The van der Waals surface area contributed by atoms with Gasteiger partial charge in [-0.05, 0) is 55.0 Å². The summed E-state index contributed by atoms with van der Waals surface area (Å²) in [7, 11) is 0. The monoisotopic (exact) mass is 960 g/mol. The van der Waals surface area contributed by atoms with E-state index < -0.39 is 35.6 Å². The summed E-state index contributed by atoms with van der Waals surface area (Å²) in [4.78, 5) is 64.9. The lowest BCUT2D eigenvalue weighted by Gasteiger charge is -2.29. The Morgan fingerprint density at radius 2 is 1.70 bits per heavy atom. The van der Waals surface area contributed by atoms with Crippen molar-refractivity contribution in [1.82, 2.24) is 35.2 Å². The van der Waals surface area contributed by atoms with E-state index in [4.69, 9.17) is 30.8 Å². The highest BCUT2D eigenvalue weighted by atomic mass is 35.5. The number of carbonyl (C=O) groups excluding carboxylic acids is 4. The van der Waals surface area contributed by atoms with Gasteiger partial charge in [-0.2, -0.15) is 0 Å². The third-order valence-electron chi connectivity index (χ3n) is 11.5. The largest absolute Gasteiger partial charge is 0.389 e. The van der Waals surface area contributed by atoms with Crippen LogP contribution in [0.3, 0.4) is 0 Å². The summed E-state index contributed by atoms with van der Waals surface area (Å²) in [5.41, 5.74) is 5.61. The number of aliphatic hydroxyl groups excluding tert-OH is 1. The Kier molecular flexibility index (Phi) is 14.1. The number of nitrogens with zero attached hydrogens (tertiary/aromatic N) is 7. The first-order valence-electron chi connectivity index (χ1n) is 21.9. The van der Waals surface area contributed by atoms with Crippen molar-refractivity contribution < 1.29 is 47.3 Å². The van der Waals surface area contributed by atoms with Gasteiger partial charge in [0.2, 0.25) is 23.7 Å². The first-order valence-corrected chi connectivity index (χ1v) is 22.3. The molecular formula is C48H43ClF2N10O8. The Morgan fingerprint density at radius 1 is 0.928 bits per heavy atom. The van der Waals surface area contributed by atoms with Crippen LogP contribution >= 0.6 is 11.6 Å². The van der Waals surface area contributed by atoms with Crippen LogP contribution in [-0.2, 0) is 48.2 Å². The molecule has 4 N–H and O–H groups in total. The summed E-state index contributed by atoms with van der Waals surface area (Å²) in [5, 5.41) is 27.6. The topological polar surface area (TPSA) is 224 Å². The van der Waals surface area contributed by atoms with Gasteiger partial charge in [-0.25, -0.2) is 23.4 Å². The molecule has 2 atom stereocenters. The van der Waals surface area contributed by atoms with Gasteiger partial charge in [-0.15, -0.1) is 5.10 Å². The van der Waals surface area contributed by atoms with Crippen molar-refractivity contribution in [3.05, 3.63) is 136 Å². The molecule has 18 nitrogen and oxygen atoms in total. The summed E-state index contributed by atoms with van der Waals surface area (Å²) >= 11 is 6.36. The van der Waals surface area contributed by atoms with E-state index in [1.165, 1.54) is 27.8 Å². The molecule has 2 unspecified atom stereocenters. The quantitative estimate of drug-likeness (QED) is 0.0640. The Morgan fingerprint density at radius 3 is 2.49 bits per heavy atom.